The number of hydrogen-bond acceptors (Lipinski definition) is 1. The highest BCUT2D eigenvalue weighted by atomic mass is 35.5. The molecule has 0 spiro atoms. The Morgan fingerprint density at radius 3 is 2.69 bits per heavy atom. The van der Waals surface area contributed by atoms with Crippen LogP contribution in [-0.2, 0) is 19.4 Å². The largest absolute Gasteiger partial charge is 0.344 e. The molecule has 2 aliphatic heterocycles. The lowest BCUT2D eigenvalue weighted by molar-refractivity contribution is 0.222. The van der Waals surface area contributed by atoms with Crippen molar-refractivity contribution in [3.8, 4) is 0 Å². The van der Waals surface area contributed by atoms with Crippen molar-refractivity contribution in [1.29, 1.82) is 0 Å². The van der Waals surface area contributed by atoms with Crippen molar-refractivity contribution in [3.05, 3.63) is 69.9 Å². The van der Waals surface area contributed by atoms with Crippen LogP contribution < -0.4 is 0 Å². The molecule has 0 aliphatic carbocycles. The van der Waals surface area contributed by atoms with Crippen molar-refractivity contribution in [2.45, 2.75) is 51.2 Å². The number of hydrogen-bond donors (Lipinski definition) is 0. The van der Waals surface area contributed by atoms with Gasteiger partial charge in [0.15, 0.2) is 0 Å². The third kappa shape index (κ3) is 2.51. The Morgan fingerprint density at radius 2 is 1.88 bits per heavy atom. The molecule has 1 fully saturated rings. The molecule has 3 aromatic rings. The van der Waals surface area contributed by atoms with Crippen molar-refractivity contribution >= 4 is 22.5 Å². The van der Waals surface area contributed by atoms with Crippen LogP contribution in [0, 0.1) is 6.92 Å². The molecular weight excluding hydrogens is 340 g/mol. The zero-order chi connectivity index (χ0) is 17.8. The van der Waals surface area contributed by atoms with Crippen molar-refractivity contribution < 1.29 is 0 Å². The first-order valence-corrected chi connectivity index (χ1v) is 10.1. The van der Waals surface area contributed by atoms with Crippen LogP contribution in [0.2, 0.25) is 5.02 Å². The summed E-state index contributed by atoms with van der Waals surface area (Å²) in [6, 6.07) is 16.6. The summed E-state index contributed by atoms with van der Waals surface area (Å²) in [5.41, 5.74) is 7.32. The van der Waals surface area contributed by atoms with E-state index >= 15 is 0 Å². The van der Waals surface area contributed by atoms with E-state index in [1.54, 1.807) is 11.3 Å². The lowest BCUT2D eigenvalue weighted by Crippen LogP contribution is -2.34. The van der Waals surface area contributed by atoms with Gasteiger partial charge in [-0.2, -0.15) is 0 Å². The van der Waals surface area contributed by atoms with E-state index in [9.17, 15) is 0 Å². The van der Waals surface area contributed by atoms with Crippen molar-refractivity contribution in [3.63, 3.8) is 0 Å². The molecule has 2 bridgehead atoms. The molecule has 134 valence electrons. The second-order valence-corrected chi connectivity index (χ2v) is 8.46. The van der Waals surface area contributed by atoms with E-state index in [0.717, 1.165) is 18.0 Å². The minimum absolute atomic E-state index is 0.602. The lowest BCUT2D eigenvalue weighted by Gasteiger charge is -2.32. The molecule has 0 N–H and O–H groups in total. The summed E-state index contributed by atoms with van der Waals surface area (Å²) >= 11 is 6.04. The highest BCUT2D eigenvalue weighted by Gasteiger charge is 2.40. The van der Waals surface area contributed by atoms with Gasteiger partial charge in [-0.25, -0.2) is 0 Å². The Hall–Kier alpha value is -1.77. The van der Waals surface area contributed by atoms with E-state index in [1.807, 2.05) is 12.1 Å². The van der Waals surface area contributed by atoms with Crippen LogP contribution in [0.4, 0.5) is 0 Å². The number of nitrogens with zero attached hydrogens (tertiary/aromatic N) is 2. The SMILES string of the molecule is Cc1ccc2c(c1)c1c(n2CCc2ccc(Cl)cc2)CC2CCC1N2C. The number of halogens is 1. The zero-order valence-electron chi connectivity index (χ0n) is 15.5. The van der Waals surface area contributed by atoms with Crippen LogP contribution in [0.15, 0.2) is 42.5 Å². The first-order valence-electron chi connectivity index (χ1n) is 9.70. The van der Waals surface area contributed by atoms with Gasteiger partial charge in [0.05, 0.1) is 0 Å². The van der Waals surface area contributed by atoms with Crippen molar-refractivity contribution in [2.75, 3.05) is 7.05 Å². The molecule has 0 radical (unpaired) electrons. The van der Waals surface area contributed by atoms with Crippen LogP contribution in [0.5, 0.6) is 0 Å². The summed E-state index contributed by atoms with van der Waals surface area (Å²) in [4.78, 5) is 2.62. The molecule has 3 heteroatoms. The minimum Gasteiger partial charge on any atom is -0.344 e. The Bertz CT molecular complexity index is 970. The first-order chi connectivity index (χ1) is 12.6. The maximum atomic E-state index is 6.04. The number of likely N-dealkylation sites (N-methyl/N-ethyl adjacent to an activating group) is 1. The van der Waals surface area contributed by atoms with Gasteiger partial charge in [-0.3, -0.25) is 4.90 Å². The number of aromatic nitrogens is 1. The zero-order valence-corrected chi connectivity index (χ0v) is 16.3. The third-order valence-electron chi connectivity index (χ3n) is 6.51. The van der Waals surface area contributed by atoms with Crippen molar-refractivity contribution in [2.24, 2.45) is 0 Å². The van der Waals surface area contributed by atoms with Crippen LogP contribution in [-0.4, -0.2) is 22.6 Å². The molecule has 2 aliphatic rings. The van der Waals surface area contributed by atoms with Gasteiger partial charge in [-0.1, -0.05) is 35.4 Å². The normalized spacial score (nSPS) is 22.1. The van der Waals surface area contributed by atoms with Crippen molar-refractivity contribution in [1.82, 2.24) is 9.47 Å². The average Bonchev–Trinajstić information content (AvgIpc) is 3.04. The van der Waals surface area contributed by atoms with Gasteiger partial charge in [0.25, 0.3) is 0 Å². The number of benzene rings is 2. The predicted molar refractivity (Wildman–Crippen MR) is 109 cm³/mol. The maximum Gasteiger partial charge on any atom is 0.0486 e. The van der Waals surface area contributed by atoms with Gasteiger partial charge >= 0.3 is 0 Å². The van der Waals surface area contributed by atoms with Crippen LogP contribution >= 0.6 is 11.6 Å². The smallest absolute Gasteiger partial charge is 0.0486 e. The molecule has 5 rings (SSSR count). The number of fused-ring (bicyclic) bond motifs is 6. The summed E-state index contributed by atoms with van der Waals surface area (Å²) in [6.07, 6.45) is 4.88. The van der Waals surface area contributed by atoms with Gasteiger partial charge in [0.2, 0.25) is 0 Å². The Kier molecular flexibility index (Phi) is 3.88. The fourth-order valence-electron chi connectivity index (χ4n) is 5.12. The predicted octanol–water partition coefficient (Wildman–Crippen LogP) is 5.54. The molecule has 1 aromatic heterocycles. The molecule has 0 saturated carbocycles. The minimum atomic E-state index is 0.602. The van der Waals surface area contributed by atoms with Crippen LogP contribution in [0.1, 0.15) is 41.3 Å². The number of aryl methyl sites for hydroxylation is 3. The van der Waals surface area contributed by atoms with Gasteiger partial charge in [-0.15, -0.1) is 0 Å². The average molecular weight is 365 g/mol. The highest BCUT2D eigenvalue weighted by molar-refractivity contribution is 6.30. The Balaban J connectivity index is 1.59. The molecule has 26 heavy (non-hydrogen) atoms. The van der Waals surface area contributed by atoms with Gasteiger partial charge < -0.3 is 4.57 Å². The Labute approximate surface area is 160 Å². The van der Waals surface area contributed by atoms with Crippen LogP contribution in [0.25, 0.3) is 10.9 Å². The fraction of sp³-hybridized carbons (Fsp3) is 0.391. The summed E-state index contributed by atoms with van der Waals surface area (Å²) in [5.74, 6) is 0. The first kappa shape index (κ1) is 16.4. The third-order valence-corrected chi connectivity index (χ3v) is 6.76. The second kappa shape index (κ2) is 6.14. The number of rotatable bonds is 3. The fourth-order valence-corrected chi connectivity index (χ4v) is 5.24. The molecule has 2 unspecified atom stereocenters. The second-order valence-electron chi connectivity index (χ2n) is 8.03. The highest BCUT2D eigenvalue weighted by Crippen LogP contribution is 2.46. The molecule has 2 nitrogen and oxygen atoms in total. The molecule has 3 heterocycles. The van der Waals surface area contributed by atoms with Crippen LogP contribution in [0.3, 0.4) is 0 Å². The molecule has 2 atom stereocenters. The summed E-state index contributed by atoms with van der Waals surface area (Å²) in [5, 5.41) is 2.29. The quantitative estimate of drug-likeness (QED) is 0.592. The maximum absolute atomic E-state index is 6.04. The van der Waals surface area contributed by atoms with E-state index in [2.05, 4.69) is 53.8 Å². The molecule has 0 amide bonds. The van der Waals surface area contributed by atoms with E-state index in [0.29, 0.717) is 12.1 Å². The summed E-state index contributed by atoms with van der Waals surface area (Å²) in [6.45, 7) is 3.25. The summed E-state index contributed by atoms with van der Waals surface area (Å²) < 4.78 is 2.61. The lowest BCUT2D eigenvalue weighted by atomic mass is 9.97. The molecule has 1 saturated heterocycles. The summed E-state index contributed by atoms with van der Waals surface area (Å²) in [7, 11) is 2.32. The van der Waals surface area contributed by atoms with Gasteiger partial charge in [0.1, 0.15) is 0 Å². The molecule has 2 aromatic carbocycles. The van der Waals surface area contributed by atoms with E-state index in [4.69, 9.17) is 11.6 Å². The Morgan fingerprint density at radius 1 is 1.08 bits per heavy atom. The standard InChI is InChI=1S/C23H25ClN2/c1-15-3-9-20-19(13-15)23-21-10-8-18(25(21)2)14-22(23)26(20)12-11-16-4-6-17(24)7-5-16/h3-7,9,13,18,21H,8,10-12,14H2,1-2H3. The van der Waals surface area contributed by atoms with Gasteiger partial charge in [-0.05, 0) is 68.6 Å². The molecular formula is C23H25ClN2. The monoisotopic (exact) mass is 364 g/mol. The topological polar surface area (TPSA) is 8.17 Å². The van der Waals surface area contributed by atoms with E-state index in [-0.39, 0.29) is 0 Å². The van der Waals surface area contributed by atoms with Gasteiger partial charge in [0, 0.05) is 46.7 Å². The van der Waals surface area contributed by atoms with E-state index < -0.39 is 0 Å². The van der Waals surface area contributed by atoms with E-state index in [1.165, 1.54) is 41.3 Å².